The van der Waals surface area contributed by atoms with Crippen molar-refractivity contribution in [2.45, 2.75) is 43.4 Å². The molecule has 2 N–H and O–H groups in total. The predicted octanol–water partition coefficient (Wildman–Crippen LogP) is 5.29. The molecule has 0 aliphatic heterocycles. The van der Waals surface area contributed by atoms with Gasteiger partial charge in [-0.25, -0.2) is 9.18 Å². The molecule has 1 atom stereocenters. The molecule has 0 radical (unpaired) electrons. The van der Waals surface area contributed by atoms with Crippen LogP contribution in [0.15, 0.2) is 53.4 Å². The van der Waals surface area contributed by atoms with E-state index in [1.54, 1.807) is 27.7 Å². The number of halogens is 1. The van der Waals surface area contributed by atoms with Crippen molar-refractivity contribution in [1.82, 2.24) is 0 Å². The second kappa shape index (κ2) is 8.90. The highest BCUT2D eigenvalue weighted by Gasteiger charge is 2.20. The Hall–Kier alpha value is -2.54. The molecule has 0 aliphatic rings. The van der Waals surface area contributed by atoms with E-state index in [1.165, 1.54) is 23.9 Å². The number of benzene rings is 2. The van der Waals surface area contributed by atoms with Gasteiger partial charge in [-0.15, -0.1) is 11.8 Å². The lowest BCUT2D eigenvalue weighted by Gasteiger charge is -2.21. The van der Waals surface area contributed by atoms with E-state index in [0.717, 1.165) is 11.0 Å². The van der Waals surface area contributed by atoms with E-state index in [0.29, 0.717) is 0 Å². The summed E-state index contributed by atoms with van der Waals surface area (Å²) >= 11 is 1.38. The number of ether oxygens (including phenoxy) is 1. The first-order valence-electron chi connectivity index (χ1n) is 8.46. The van der Waals surface area contributed by atoms with Crippen LogP contribution in [0.2, 0.25) is 0 Å². The van der Waals surface area contributed by atoms with Gasteiger partial charge in [0.05, 0.1) is 16.6 Å². The van der Waals surface area contributed by atoms with Crippen molar-refractivity contribution in [3.8, 4) is 0 Å². The van der Waals surface area contributed by atoms with Crippen LogP contribution in [0.4, 0.5) is 20.6 Å². The molecule has 2 aromatic carbocycles. The van der Waals surface area contributed by atoms with E-state index in [4.69, 9.17) is 4.74 Å². The fourth-order valence-corrected chi connectivity index (χ4v) is 3.02. The van der Waals surface area contributed by atoms with E-state index in [9.17, 15) is 14.0 Å². The summed E-state index contributed by atoms with van der Waals surface area (Å²) < 4.78 is 18.9. The molecule has 2 aromatic rings. The van der Waals surface area contributed by atoms with Gasteiger partial charge < -0.3 is 10.1 Å². The van der Waals surface area contributed by atoms with Gasteiger partial charge in [0, 0.05) is 4.90 Å². The second-order valence-electron chi connectivity index (χ2n) is 6.88. The minimum Gasteiger partial charge on any atom is -0.444 e. The Morgan fingerprint density at radius 1 is 1.04 bits per heavy atom. The number of hydrogen-bond donors (Lipinski definition) is 2. The van der Waals surface area contributed by atoms with Crippen LogP contribution in [0.1, 0.15) is 27.7 Å². The minimum atomic E-state index is -0.684. The maximum absolute atomic E-state index is 13.7. The van der Waals surface area contributed by atoms with Crippen LogP contribution in [-0.4, -0.2) is 22.9 Å². The van der Waals surface area contributed by atoms with Gasteiger partial charge in [0.1, 0.15) is 11.4 Å². The summed E-state index contributed by atoms with van der Waals surface area (Å²) in [6.45, 7) is 6.97. The number of anilines is 2. The zero-order valence-corrected chi connectivity index (χ0v) is 16.5. The molecule has 0 aromatic heterocycles. The van der Waals surface area contributed by atoms with Gasteiger partial charge in [-0.05, 0) is 58.0 Å². The summed E-state index contributed by atoms with van der Waals surface area (Å²) in [7, 11) is 0. The number of carbonyl (C=O) groups excluding carboxylic acids is 2. The molecule has 27 heavy (non-hydrogen) atoms. The third kappa shape index (κ3) is 6.94. The monoisotopic (exact) mass is 390 g/mol. The smallest absolute Gasteiger partial charge is 0.412 e. The van der Waals surface area contributed by atoms with E-state index in [-0.39, 0.29) is 17.3 Å². The summed E-state index contributed by atoms with van der Waals surface area (Å²) in [6, 6.07) is 13.2. The van der Waals surface area contributed by atoms with Crippen molar-refractivity contribution in [1.29, 1.82) is 0 Å². The summed E-state index contributed by atoms with van der Waals surface area (Å²) in [4.78, 5) is 25.4. The van der Waals surface area contributed by atoms with Crippen molar-refractivity contribution in [2.24, 2.45) is 0 Å². The van der Waals surface area contributed by atoms with Crippen molar-refractivity contribution < 1.29 is 18.7 Å². The van der Waals surface area contributed by atoms with Crippen LogP contribution in [0.3, 0.4) is 0 Å². The fourth-order valence-electron chi connectivity index (χ4n) is 2.13. The van der Waals surface area contributed by atoms with Crippen molar-refractivity contribution >= 4 is 35.1 Å². The minimum absolute atomic E-state index is 0.173. The molecule has 7 heteroatoms. The highest BCUT2D eigenvalue weighted by Crippen LogP contribution is 2.27. The number of nitrogens with one attached hydrogen (secondary N) is 2. The van der Waals surface area contributed by atoms with E-state index in [2.05, 4.69) is 10.6 Å². The largest absolute Gasteiger partial charge is 0.444 e. The van der Waals surface area contributed by atoms with Gasteiger partial charge in [-0.3, -0.25) is 10.1 Å². The van der Waals surface area contributed by atoms with Crippen LogP contribution < -0.4 is 10.6 Å². The molecule has 0 saturated heterocycles. The maximum atomic E-state index is 13.7. The average molecular weight is 390 g/mol. The highest BCUT2D eigenvalue weighted by atomic mass is 32.2. The van der Waals surface area contributed by atoms with E-state index >= 15 is 0 Å². The molecule has 0 bridgehead atoms. The summed E-state index contributed by atoms with van der Waals surface area (Å²) in [5.41, 5.74) is -0.240. The molecule has 0 heterocycles. The Bertz CT molecular complexity index is 807. The zero-order valence-electron chi connectivity index (χ0n) is 15.7. The van der Waals surface area contributed by atoms with Gasteiger partial charge in [-0.2, -0.15) is 0 Å². The van der Waals surface area contributed by atoms with E-state index < -0.39 is 22.8 Å². The molecular formula is C20H23FN2O3S. The SMILES string of the molecule is CC(Sc1ccccc1)C(=O)Nc1cc(F)ccc1NC(=O)OC(C)(C)C. The second-order valence-corrected chi connectivity index (χ2v) is 8.29. The van der Waals surface area contributed by atoms with Gasteiger partial charge in [-0.1, -0.05) is 18.2 Å². The van der Waals surface area contributed by atoms with Gasteiger partial charge in [0.25, 0.3) is 0 Å². The molecule has 2 amide bonds. The lowest BCUT2D eigenvalue weighted by atomic mass is 10.2. The summed E-state index contributed by atoms with van der Waals surface area (Å²) in [5, 5.41) is 4.80. The van der Waals surface area contributed by atoms with Gasteiger partial charge in [0.2, 0.25) is 5.91 Å². The number of thioether (sulfide) groups is 1. The molecule has 0 aliphatic carbocycles. The Balaban J connectivity index is 2.09. The topological polar surface area (TPSA) is 67.4 Å². The first kappa shape index (κ1) is 20.8. The van der Waals surface area contributed by atoms with Crippen LogP contribution in [0, 0.1) is 5.82 Å². The Kier molecular flexibility index (Phi) is 6.85. The summed E-state index contributed by atoms with van der Waals surface area (Å²) in [6.07, 6.45) is -0.684. The number of amides is 2. The molecular weight excluding hydrogens is 367 g/mol. The van der Waals surface area contributed by atoms with Crippen LogP contribution in [0.5, 0.6) is 0 Å². The van der Waals surface area contributed by atoms with E-state index in [1.807, 2.05) is 30.3 Å². The number of hydrogen-bond acceptors (Lipinski definition) is 4. The van der Waals surface area contributed by atoms with Crippen molar-refractivity contribution in [3.63, 3.8) is 0 Å². The Morgan fingerprint density at radius 3 is 2.33 bits per heavy atom. The lowest BCUT2D eigenvalue weighted by Crippen LogP contribution is -2.28. The molecule has 0 saturated carbocycles. The maximum Gasteiger partial charge on any atom is 0.412 e. The molecule has 0 spiro atoms. The normalized spacial score (nSPS) is 12.2. The predicted molar refractivity (Wildman–Crippen MR) is 107 cm³/mol. The van der Waals surface area contributed by atoms with Crippen LogP contribution >= 0.6 is 11.8 Å². The van der Waals surface area contributed by atoms with Crippen molar-refractivity contribution in [2.75, 3.05) is 10.6 Å². The van der Waals surface area contributed by atoms with Gasteiger partial charge in [0.15, 0.2) is 0 Å². The number of carbonyl (C=O) groups is 2. The molecule has 5 nitrogen and oxygen atoms in total. The van der Waals surface area contributed by atoms with Crippen LogP contribution in [0.25, 0.3) is 0 Å². The Morgan fingerprint density at radius 2 is 1.70 bits per heavy atom. The first-order chi connectivity index (χ1) is 12.6. The highest BCUT2D eigenvalue weighted by molar-refractivity contribution is 8.00. The van der Waals surface area contributed by atoms with Crippen LogP contribution in [-0.2, 0) is 9.53 Å². The Labute approximate surface area is 162 Å². The molecule has 0 fully saturated rings. The third-order valence-electron chi connectivity index (χ3n) is 3.30. The zero-order chi connectivity index (χ0) is 20.0. The number of rotatable bonds is 5. The quantitative estimate of drug-likeness (QED) is 0.681. The third-order valence-corrected chi connectivity index (χ3v) is 4.41. The molecule has 2 rings (SSSR count). The molecule has 144 valence electrons. The van der Waals surface area contributed by atoms with Gasteiger partial charge >= 0.3 is 6.09 Å². The fraction of sp³-hybridized carbons (Fsp3) is 0.300. The molecule has 1 unspecified atom stereocenters. The van der Waals surface area contributed by atoms with Crippen molar-refractivity contribution in [3.05, 3.63) is 54.3 Å². The first-order valence-corrected chi connectivity index (χ1v) is 9.34. The standard InChI is InChI=1S/C20H23FN2O3S/c1-13(27-15-8-6-5-7-9-15)18(24)22-17-12-14(21)10-11-16(17)23-19(25)26-20(2,3)4/h5-13H,1-4H3,(H,22,24)(H,23,25). The average Bonchev–Trinajstić information content (AvgIpc) is 2.56. The lowest BCUT2D eigenvalue weighted by molar-refractivity contribution is -0.115. The summed E-state index contributed by atoms with van der Waals surface area (Å²) in [5.74, 6) is -0.829.